The molecule has 1 saturated carbocycles. The summed E-state index contributed by atoms with van der Waals surface area (Å²) in [5.41, 5.74) is 1.64. The molecule has 0 radical (unpaired) electrons. The lowest BCUT2D eigenvalue weighted by molar-refractivity contribution is 0.233. The van der Waals surface area contributed by atoms with Gasteiger partial charge in [0, 0.05) is 43.0 Å². The molecule has 0 unspecified atom stereocenters. The zero-order valence-electron chi connectivity index (χ0n) is 11.3. The number of hydrogen-bond donors (Lipinski definition) is 0. The molecule has 20 heavy (non-hydrogen) atoms. The van der Waals surface area contributed by atoms with E-state index < -0.39 is 0 Å². The Morgan fingerprint density at radius 1 is 1.40 bits per heavy atom. The van der Waals surface area contributed by atoms with Crippen LogP contribution in [0.1, 0.15) is 24.2 Å². The Hall–Kier alpha value is -1.27. The molecule has 0 saturated heterocycles. The van der Waals surface area contributed by atoms with Crippen molar-refractivity contribution in [1.29, 1.82) is 0 Å². The Balaban J connectivity index is 1.76. The molecule has 0 aliphatic heterocycles. The topological polar surface area (TPSA) is 34.0 Å². The first-order valence-corrected chi connectivity index (χ1v) is 7.42. The first-order chi connectivity index (χ1) is 9.63. The van der Waals surface area contributed by atoms with Crippen LogP contribution in [0.3, 0.4) is 0 Å². The highest BCUT2D eigenvalue weighted by Crippen LogP contribution is 2.30. The molecule has 1 aliphatic rings. The van der Waals surface area contributed by atoms with Crippen LogP contribution in [0.4, 0.5) is 4.39 Å². The summed E-state index contributed by atoms with van der Waals surface area (Å²) in [6.45, 7) is 1.31. The summed E-state index contributed by atoms with van der Waals surface area (Å²) in [6.07, 6.45) is 7.65. The fourth-order valence-electron chi connectivity index (χ4n) is 2.25. The Morgan fingerprint density at radius 2 is 2.20 bits per heavy atom. The van der Waals surface area contributed by atoms with Gasteiger partial charge in [0.05, 0.1) is 17.7 Å². The monoisotopic (exact) mass is 338 g/mol. The Labute approximate surface area is 125 Å². The number of rotatable bonds is 5. The maximum atomic E-state index is 13.9. The predicted molar refractivity (Wildman–Crippen MR) is 77.4 cm³/mol. The summed E-state index contributed by atoms with van der Waals surface area (Å²) in [5.74, 6) is -0.255. The summed E-state index contributed by atoms with van der Waals surface area (Å²) in [4.78, 5) is 10.6. The molecular formula is C14H16BrFN4. The summed E-state index contributed by atoms with van der Waals surface area (Å²) in [5, 5.41) is 0. The van der Waals surface area contributed by atoms with Gasteiger partial charge in [0.25, 0.3) is 0 Å². The molecule has 2 aromatic rings. The van der Waals surface area contributed by atoms with Gasteiger partial charge in [-0.15, -0.1) is 0 Å². The zero-order valence-corrected chi connectivity index (χ0v) is 12.8. The number of imidazole rings is 1. The number of hydrogen-bond acceptors (Lipinski definition) is 3. The van der Waals surface area contributed by atoms with E-state index in [1.807, 2.05) is 17.8 Å². The lowest BCUT2D eigenvalue weighted by Crippen LogP contribution is -2.27. The first kappa shape index (κ1) is 13.7. The Morgan fingerprint density at radius 3 is 2.80 bits per heavy atom. The van der Waals surface area contributed by atoms with Crippen LogP contribution >= 0.6 is 15.9 Å². The number of aryl methyl sites for hydroxylation is 1. The molecule has 6 heteroatoms. The van der Waals surface area contributed by atoms with Crippen molar-refractivity contribution < 1.29 is 4.39 Å². The molecule has 0 aromatic carbocycles. The molecule has 106 valence electrons. The van der Waals surface area contributed by atoms with Gasteiger partial charge in [-0.05, 0) is 34.8 Å². The lowest BCUT2D eigenvalue weighted by atomic mass is 10.3. The van der Waals surface area contributed by atoms with E-state index in [4.69, 9.17) is 0 Å². The van der Waals surface area contributed by atoms with Crippen LogP contribution in [0.5, 0.6) is 0 Å². The normalized spacial score (nSPS) is 15.0. The molecular weight excluding hydrogens is 323 g/mol. The molecule has 2 aromatic heterocycles. The second-order valence-electron chi connectivity index (χ2n) is 5.21. The van der Waals surface area contributed by atoms with E-state index in [9.17, 15) is 4.39 Å². The average Bonchev–Trinajstić information content (AvgIpc) is 3.17. The minimum Gasteiger partial charge on any atom is -0.337 e. The van der Waals surface area contributed by atoms with Gasteiger partial charge in [-0.3, -0.25) is 9.88 Å². The fraction of sp³-hybridized carbons (Fsp3) is 0.429. The van der Waals surface area contributed by atoms with Crippen molar-refractivity contribution in [2.24, 2.45) is 7.05 Å². The van der Waals surface area contributed by atoms with E-state index >= 15 is 0 Å². The van der Waals surface area contributed by atoms with Crippen LogP contribution in [0.2, 0.25) is 0 Å². The molecule has 2 heterocycles. The van der Waals surface area contributed by atoms with E-state index in [-0.39, 0.29) is 5.82 Å². The smallest absolute Gasteiger partial charge is 0.147 e. The second-order valence-corrected chi connectivity index (χ2v) is 6.13. The fourth-order valence-corrected chi connectivity index (χ4v) is 2.55. The van der Waals surface area contributed by atoms with Crippen molar-refractivity contribution in [3.8, 4) is 0 Å². The maximum Gasteiger partial charge on any atom is 0.147 e. The standard InChI is InChI=1S/C14H16BrFN4/c1-19-9-17-6-12(19)7-20(11-2-3-11)8-14-13(16)4-10(15)5-18-14/h4-6,9,11H,2-3,7-8H2,1H3. The van der Waals surface area contributed by atoms with Crippen molar-refractivity contribution in [2.75, 3.05) is 0 Å². The molecule has 0 amide bonds. The van der Waals surface area contributed by atoms with Crippen LogP contribution in [-0.2, 0) is 20.1 Å². The largest absolute Gasteiger partial charge is 0.337 e. The maximum absolute atomic E-state index is 13.9. The summed E-state index contributed by atoms with van der Waals surface area (Å²) < 4.78 is 16.6. The van der Waals surface area contributed by atoms with Gasteiger partial charge >= 0.3 is 0 Å². The van der Waals surface area contributed by atoms with E-state index in [2.05, 4.69) is 30.8 Å². The molecule has 1 aliphatic carbocycles. The minimum absolute atomic E-state index is 0.255. The Kier molecular flexibility index (Phi) is 3.85. The van der Waals surface area contributed by atoms with Gasteiger partial charge in [-0.2, -0.15) is 0 Å². The lowest BCUT2D eigenvalue weighted by Gasteiger charge is -2.21. The number of nitrogens with zero attached hydrogens (tertiary/aromatic N) is 4. The van der Waals surface area contributed by atoms with Gasteiger partial charge in [-0.25, -0.2) is 9.37 Å². The minimum atomic E-state index is -0.255. The van der Waals surface area contributed by atoms with Crippen LogP contribution in [-0.4, -0.2) is 25.5 Å². The molecule has 4 nitrogen and oxygen atoms in total. The molecule has 1 fully saturated rings. The highest BCUT2D eigenvalue weighted by Gasteiger charge is 2.30. The average molecular weight is 339 g/mol. The molecule has 0 N–H and O–H groups in total. The van der Waals surface area contributed by atoms with Crippen molar-refractivity contribution in [2.45, 2.75) is 32.0 Å². The Bertz CT molecular complexity index is 609. The van der Waals surface area contributed by atoms with Gasteiger partial charge in [-0.1, -0.05) is 0 Å². The number of aromatic nitrogens is 3. The predicted octanol–water partition coefficient (Wildman–Crippen LogP) is 2.88. The summed E-state index contributed by atoms with van der Waals surface area (Å²) in [7, 11) is 1.98. The molecule has 0 spiro atoms. The highest BCUT2D eigenvalue weighted by molar-refractivity contribution is 9.10. The van der Waals surface area contributed by atoms with E-state index in [0.717, 1.165) is 12.2 Å². The van der Waals surface area contributed by atoms with Crippen molar-refractivity contribution in [3.63, 3.8) is 0 Å². The highest BCUT2D eigenvalue weighted by atomic mass is 79.9. The molecule has 0 bridgehead atoms. The third-order valence-electron chi connectivity index (χ3n) is 3.58. The van der Waals surface area contributed by atoms with Crippen molar-refractivity contribution >= 4 is 15.9 Å². The third kappa shape index (κ3) is 3.07. The van der Waals surface area contributed by atoms with Gasteiger partial charge in [0.2, 0.25) is 0 Å². The SMILES string of the molecule is Cn1cncc1CN(Cc1ncc(Br)cc1F)C1CC1. The zero-order chi connectivity index (χ0) is 14.1. The van der Waals surface area contributed by atoms with Crippen molar-refractivity contribution in [1.82, 2.24) is 19.4 Å². The van der Waals surface area contributed by atoms with Gasteiger partial charge in [0.1, 0.15) is 5.82 Å². The second kappa shape index (κ2) is 5.61. The van der Waals surface area contributed by atoms with Crippen LogP contribution in [0.25, 0.3) is 0 Å². The van der Waals surface area contributed by atoms with E-state index in [1.54, 1.807) is 12.5 Å². The summed E-state index contributed by atoms with van der Waals surface area (Å²) in [6, 6.07) is 2.01. The van der Waals surface area contributed by atoms with Gasteiger partial charge < -0.3 is 4.57 Å². The molecule has 3 rings (SSSR count). The first-order valence-electron chi connectivity index (χ1n) is 6.62. The van der Waals surface area contributed by atoms with Crippen LogP contribution in [0.15, 0.2) is 29.3 Å². The number of halogens is 2. The molecule has 0 atom stereocenters. The number of pyridine rings is 1. The van der Waals surface area contributed by atoms with Crippen LogP contribution in [0, 0.1) is 5.82 Å². The summed E-state index contributed by atoms with van der Waals surface area (Å²) >= 11 is 3.23. The van der Waals surface area contributed by atoms with E-state index in [0.29, 0.717) is 22.8 Å². The third-order valence-corrected chi connectivity index (χ3v) is 4.02. The van der Waals surface area contributed by atoms with Crippen LogP contribution < -0.4 is 0 Å². The van der Waals surface area contributed by atoms with Crippen molar-refractivity contribution in [3.05, 3.63) is 46.5 Å². The quantitative estimate of drug-likeness (QED) is 0.840. The van der Waals surface area contributed by atoms with Gasteiger partial charge in [0.15, 0.2) is 0 Å². The van der Waals surface area contributed by atoms with E-state index in [1.165, 1.54) is 18.9 Å².